The summed E-state index contributed by atoms with van der Waals surface area (Å²) in [6, 6.07) is 8.64. The third kappa shape index (κ3) is 2.21. The van der Waals surface area contributed by atoms with E-state index in [2.05, 4.69) is 49.3 Å². The molecule has 3 atom stereocenters. The van der Waals surface area contributed by atoms with Crippen LogP contribution in [0.2, 0.25) is 0 Å². The topological polar surface area (TPSA) is 44.9 Å². The zero-order valence-electron chi connectivity index (χ0n) is 15.0. The second-order valence-electron chi connectivity index (χ2n) is 8.59. The van der Waals surface area contributed by atoms with E-state index in [0.717, 1.165) is 24.3 Å². The average molecular weight is 324 g/mol. The molecule has 0 radical (unpaired) electrons. The lowest BCUT2D eigenvalue weighted by atomic mass is 9.69. The number of H-pyrrole nitrogens is 1. The number of para-hydroxylation sites is 1. The lowest BCUT2D eigenvalue weighted by Gasteiger charge is -2.39. The van der Waals surface area contributed by atoms with Gasteiger partial charge in [0.05, 0.1) is 0 Å². The summed E-state index contributed by atoms with van der Waals surface area (Å²) >= 11 is 0. The van der Waals surface area contributed by atoms with Crippen LogP contribution in [0.4, 0.5) is 0 Å². The van der Waals surface area contributed by atoms with Gasteiger partial charge < -0.3 is 10.3 Å². The first kappa shape index (κ1) is 15.7. The van der Waals surface area contributed by atoms with Crippen molar-refractivity contribution >= 4 is 16.8 Å². The highest BCUT2D eigenvalue weighted by atomic mass is 16.1. The molecule has 128 valence electrons. The van der Waals surface area contributed by atoms with E-state index >= 15 is 0 Å². The summed E-state index contributed by atoms with van der Waals surface area (Å²) in [5.74, 6) is 0.969. The van der Waals surface area contributed by atoms with Crippen molar-refractivity contribution in [1.82, 2.24) is 10.3 Å². The van der Waals surface area contributed by atoms with Crippen molar-refractivity contribution in [3.8, 4) is 0 Å². The average Bonchev–Trinajstić information content (AvgIpc) is 3.12. The van der Waals surface area contributed by atoms with Crippen LogP contribution in [0.15, 0.2) is 30.5 Å². The number of carbonyl (C=O) groups excluding carboxylic acids is 1. The van der Waals surface area contributed by atoms with Crippen LogP contribution in [0.25, 0.3) is 10.9 Å². The number of hydrogen-bond acceptors (Lipinski definition) is 1. The summed E-state index contributed by atoms with van der Waals surface area (Å²) in [4.78, 5) is 15.8. The van der Waals surface area contributed by atoms with Crippen LogP contribution in [-0.4, -0.2) is 16.9 Å². The van der Waals surface area contributed by atoms with E-state index < -0.39 is 0 Å². The van der Waals surface area contributed by atoms with Gasteiger partial charge in [-0.25, -0.2) is 0 Å². The maximum Gasteiger partial charge on any atom is 0.220 e. The van der Waals surface area contributed by atoms with Crippen molar-refractivity contribution < 1.29 is 4.79 Å². The Morgan fingerprint density at radius 2 is 2.08 bits per heavy atom. The molecule has 0 saturated heterocycles. The molecule has 1 amide bonds. The number of aromatic amines is 1. The standard InChI is InChI=1S/C21H28N2O/c1-20(2)15-10-11-21(20,3)18(12-15)23-19(24)9-8-14-13-22-17-7-5-4-6-16(14)17/h4-7,13,15,18,22H,8-12H2,1-3H3,(H,23,24)/t15-,18-,21-/m1/s1. The zero-order valence-corrected chi connectivity index (χ0v) is 15.0. The summed E-state index contributed by atoms with van der Waals surface area (Å²) in [6.07, 6.45) is 7.14. The maximum atomic E-state index is 12.5. The number of aromatic nitrogens is 1. The first-order valence-corrected chi connectivity index (χ1v) is 9.26. The van der Waals surface area contributed by atoms with Crippen molar-refractivity contribution in [3.05, 3.63) is 36.0 Å². The predicted molar refractivity (Wildman–Crippen MR) is 97.8 cm³/mol. The number of hydrogen-bond donors (Lipinski definition) is 2. The predicted octanol–water partition coefficient (Wildman–Crippen LogP) is 4.43. The smallest absolute Gasteiger partial charge is 0.220 e. The fraction of sp³-hybridized carbons (Fsp3) is 0.571. The van der Waals surface area contributed by atoms with Gasteiger partial charge in [0.2, 0.25) is 5.91 Å². The van der Waals surface area contributed by atoms with Crippen LogP contribution in [-0.2, 0) is 11.2 Å². The molecule has 4 rings (SSSR count). The van der Waals surface area contributed by atoms with Crippen molar-refractivity contribution in [2.75, 3.05) is 0 Å². The van der Waals surface area contributed by atoms with Crippen LogP contribution in [0.3, 0.4) is 0 Å². The molecule has 0 spiro atoms. The Hall–Kier alpha value is -1.77. The summed E-state index contributed by atoms with van der Waals surface area (Å²) in [6.45, 7) is 7.16. The Bertz CT molecular complexity index is 775. The number of rotatable bonds is 4. The van der Waals surface area contributed by atoms with Gasteiger partial charge in [-0.3, -0.25) is 4.79 Å². The van der Waals surface area contributed by atoms with Gasteiger partial charge in [-0.1, -0.05) is 39.0 Å². The van der Waals surface area contributed by atoms with Gasteiger partial charge in [-0.2, -0.15) is 0 Å². The lowest BCUT2D eigenvalue weighted by molar-refractivity contribution is -0.122. The third-order valence-corrected chi connectivity index (χ3v) is 7.43. The molecule has 3 heteroatoms. The first-order chi connectivity index (χ1) is 11.4. The molecule has 24 heavy (non-hydrogen) atoms. The highest BCUT2D eigenvalue weighted by Crippen LogP contribution is 2.65. The molecule has 2 aliphatic carbocycles. The van der Waals surface area contributed by atoms with E-state index in [1.165, 1.54) is 23.8 Å². The molecule has 2 fully saturated rings. The quantitative estimate of drug-likeness (QED) is 0.858. The van der Waals surface area contributed by atoms with Crippen molar-refractivity contribution in [2.24, 2.45) is 16.7 Å². The van der Waals surface area contributed by atoms with Gasteiger partial charge in [0.1, 0.15) is 0 Å². The second kappa shape index (κ2) is 5.37. The lowest BCUT2D eigenvalue weighted by Crippen LogP contribution is -2.46. The molecule has 1 aromatic carbocycles. The van der Waals surface area contributed by atoms with Crippen LogP contribution < -0.4 is 5.32 Å². The zero-order chi connectivity index (χ0) is 16.9. The maximum absolute atomic E-state index is 12.5. The Balaban J connectivity index is 1.40. The largest absolute Gasteiger partial charge is 0.361 e. The van der Waals surface area contributed by atoms with E-state index in [1.54, 1.807) is 0 Å². The Morgan fingerprint density at radius 1 is 1.29 bits per heavy atom. The molecule has 0 aliphatic heterocycles. The second-order valence-corrected chi connectivity index (χ2v) is 8.59. The SMILES string of the molecule is CC1(C)[C@@H]2CC[C@]1(C)[C@H](NC(=O)CCc1c[nH]c3ccccc13)C2. The van der Waals surface area contributed by atoms with Crippen LogP contribution in [0.1, 0.15) is 52.0 Å². The van der Waals surface area contributed by atoms with Crippen LogP contribution in [0.5, 0.6) is 0 Å². The molecule has 2 aromatic rings. The Morgan fingerprint density at radius 3 is 2.79 bits per heavy atom. The number of carbonyl (C=O) groups is 1. The van der Waals surface area contributed by atoms with E-state index in [4.69, 9.17) is 0 Å². The minimum absolute atomic E-state index is 0.204. The van der Waals surface area contributed by atoms with Gasteiger partial charge in [0.15, 0.2) is 0 Å². The van der Waals surface area contributed by atoms with Gasteiger partial charge in [-0.15, -0.1) is 0 Å². The minimum atomic E-state index is 0.204. The molecule has 2 aliphatic rings. The Labute approximate surface area is 144 Å². The molecular formula is C21H28N2O. The molecule has 1 heterocycles. The molecule has 3 nitrogen and oxygen atoms in total. The number of fused-ring (bicyclic) bond motifs is 3. The number of benzene rings is 1. The summed E-state index contributed by atoms with van der Waals surface area (Å²) in [5.41, 5.74) is 2.99. The molecule has 2 bridgehead atoms. The molecule has 0 unspecified atom stereocenters. The minimum Gasteiger partial charge on any atom is -0.361 e. The first-order valence-electron chi connectivity index (χ1n) is 9.26. The molecular weight excluding hydrogens is 296 g/mol. The monoisotopic (exact) mass is 324 g/mol. The highest BCUT2D eigenvalue weighted by Gasteiger charge is 2.61. The third-order valence-electron chi connectivity index (χ3n) is 7.43. The van der Waals surface area contributed by atoms with Crippen LogP contribution in [0, 0.1) is 16.7 Å². The van der Waals surface area contributed by atoms with Gasteiger partial charge in [0, 0.05) is 29.6 Å². The molecule has 1 aromatic heterocycles. The normalized spacial score (nSPS) is 30.8. The van der Waals surface area contributed by atoms with Gasteiger partial charge in [-0.05, 0) is 54.1 Å². The number of amides is 1. The van der Waals surface area contributed by atoms with Crippen molar-refractivity contribution in [3.63, 3.8) is 0 Å². The number of nitrogens with one attached hydrogen (secondary N) is 2. The van der Waals surface area contributed by atoms with Crippen molar-refractivity contribution in [1.29, 1.82) is 0 Å². The number of aryl methyl sites for hydroxylation is 1. The molecule has 2 N–H and O–H groups in total. The fourth-order valence-electron chi connectivity index (χ4n) is 5.28. The van der Waals surface area contributed by atoms with E-state index in [-0.39, 0.29) is 11.3 Å². The van der Waals surface area contributed by atoms with E-state index in [1.807, 2.05) is 12.3 Å². The van der Waals surface area contributed by atoms with Crippen LogP contribution >= 0.6 is 0 Å². The summed E-state index contributed by atoms with van der Waals surface area (Å²) < 4.78 is 0. The van der Waals surface area contributed by atoms with Gasteiger partial charge >= 0.3 is 0 Å². The van der Waals surface area contributed by atoms with Gasteiger partial charge in [0.25, 0.3) is 0 Å². The molecule has 2 saturated carbocycles. The summed E-state index contributed by atoms with van der Waals surface area (Å²) in [7, 11) is 0. The summed E-state index contributed by atoms with van der Waals surface area (Å²) in [5, 5.41) is 4.60. The Kier molecular flexibility index (Phi) is 3.52. The highest BCUT2D eigenvalue weighted by molar-refractivity contribution is 5.84. The van der Waals surface area contributed by atoms with E-state index in [0.29, 0.717) is 17.9 Å². The van der Waals surface area contributed by atoms with E-state index in [9.17, 15) is 4.79 Å². The fourth-order valence-corrected chi connectivity index (χ4v) is 5.28. The van der Waals surface area contributed by atoms with Crippen molar-refractivity contribution in [2.45, 2.75) is 58.9 Å².